The lowest BCUT2D eigenvalue weighted by Crippen LogP contribution is -2.60. The number of carbonyl (C=O) groups excluding carboxylic acids is 1. The zero-order valence-corrected chi connectivity index (χ0v) is 10.2. The average Bonchev–Trinajstić information content (AvgIpc) is 2.19. The van der Waals surface area contributed by atoms with E-state index in [1.54, 1.807) is 4.90 Å². The van der Waals surface area contributed by atoms with Crippen molar-refractivity contribution in [2.24, 2.45) is 11.7 Å². The second kappa shape index (κ2) is 5.31. The second-order valence-electron chi connectivity index (χ2n) is 5.06. The topological polar surface area (TPSA) is 70.1 Å². The number of nitrogens with two attached hydrogens (primary N) is 1. The Bertz CT molecular complexity index is 289. The fourth-order valence-corrected chi connectivity index (χ4v) is 1.99. The molecule has 1 rings (SSSR count). The summed E-state index contributed by atoms with van der Waals surface area (Å²) < 4.78 is 0. The molecular weight excluding hydrogens is 202 g/mol. The Morgan fingerprint density at radius 1 is 1.56 bits per heavy atom. The molecule has 90 valence electrons. The van der Waals surface area contributed by atoms with Crippen LogP contribution in [0.5, 0.6) is 0 Å². The van der Waals surface area contributed by atoms with Gasteiger partial charge in [-0.1, -0.05) is 13.8 Å². The first-order chi connectivity index (χ1) is 7.49. The predicted octanol–water partition coefficient (Wildman–Crippen LogP) is 1.27. The molecule has 0 heterocycles. The molecule has 1 aliphatic rings. The molecular formula is C12H21N3O. The van der Waals surface area contributed by atoms with Gasteiger partial charge < -0.3 is 10.6 Å². The molecule has 0 radical (unpaired) electrons. The standard InChI is InChI=1S/C12H21N3O/c1-10(2)9-15(8-4-7-13)11(16)12(14)5-3-6-12/h10H,3-6,8-9,14H2,1-2H3. The number of hydrogen-bond acceptors (Lipinski definition) is 3. The minimum absolute atomic E-state index is 0.0303. The second-order valence-corrected chi connectivity index (χ2v) is 5.06. The van der Waals surface area contributed by atoms with Gasteiger partial charge in [-0.15, -0.1) is 0 Å². The zero-order valence-electron chi connectivity index (χ0n) is 10.2. The van der Waals surface area contributed by atoms with Crippen molar-refractivity contribution in [3.05, 3.63) is 0 Å². The van der Waals surface area contributed by atoms with Crippen LogP contribution in [0.4, 0.5) is 0 Å². The fraction of sp³-hybridized carbons (Fsp3) is 0.833. The highest BCUT2D eigenvalue weighted by Crippen LogP contribution is 2.31. The van der Waals surface area contributed by atoms with Crippen molar-refractivity contribution < 1.29 is 4.79 Å². The monoisotopic (exact) mass is 223 g/mol. The lowest BCUT2D eigenvalue weighted by atomic mass is 9.76. The lowest BCUT2D eigenvalue weighted by Gasteiger charge is -2.40. The van der Waals surface area contributed by atoms with Crippen LogP contribution >= 0.6 is 0 Å². The smallest absolute Gasteiger partial charge is 0.242 e. The van der Waals surface area contributed by atoms with Crippen molar-refractivity contribution in [2.75, 3.05) is 13.1 Å². The van der Waals surface area contributed by atoms with Gasteiger partial charge in [0, 0.05) is 13.1 Å². The molecule has 0 atom stereocenters. The van der Waals surface area contributed by atoms with Gasteiger partial charge in [-0.3, -0.25) is 4.79 Å². The molecule has 0 aromatic heterocycles. The maximum absolute atomic E-state index is 12.2. The molecule has 1 amide bonds. The van der Waals surface area contributed by atoms with Crippen molar-refractivity contribution in [3.8, 4) is 6.07 Å². The Balaban J connectivity index is 2.60. The zero-order chi connectivity index (χ0) is 12.2. The van der Waals surface area contributed by atoms with E-state index in [-0.39, 0.29) is 5.91 Å². The first-order valence-corrected chi connectivity index (χ1v) is 5.95. The Hall–Kier alpha value is -1.08. The summed E-state index contributed by atoms with van der Waals surface area (Å²) in [6.07, 6.45) is 2.99. The third-order valence-electron chi connectivity index (χ3n) is 3.04. The van der Waals surface area contributed by atoms with E-state index in [2.05, 4.69) is 19.9 Å². The van der Waals surface area contributed by atoms with Crippen LogP contribution in [0.2, 0.25) is 0 Å². The molecule has 1 saturated carbocycles. The van der Waals surface area contributed by atoms with E-state index < -0.39 is 5.54 Å². The van der Waals surface area contributed by atoms with Crippen molar-refractivity contribution in [1.29, 1.82) is 5.26 Å². The van der Waals surface area contributed by atoms with E-state index in [0.717, 1.165) is 19.3 Å². The van der Waals surface area contributed by atoms with Crippen LogP contribution in [0.15, 0.2) is 0 Å². The van der Waals surface area contributed by atoms with Gasteiger partial charge in [0.05, 0.1) is 18.0 Å². The number of nitrogens with zero attached hydrogens (tertiary/aromatic N) is 2. The van der Waals surface area contributed by atoms with Crippen LogP contribution in [-0.4, -0.2) is 29.4 Å². The normalized spacial score (nSPS) is 17.7. The SMILES string of the molecule is CC(C)CN(CCC#N)C(=O)C1(N)CCC1. The third kappa shape index (κ3) is 2.96. The Morgan fingerprint density at radius 2 is 2.19 bits per heavy atom. The quantitative estimate of drug-likeness (QED) is 0.763. The molecule has 0 aliphatic heterocycles. The Kier molecular flexibility index (Phi) is 4.31. The van der Waals surface area contributed by atoms with Gasteiger partial charge in [0.25, 0.3) is 0 Å². The summed E-state index contributed by atoms with van der Waals surface area (Å²) in [5.74, 6) is 0.439. The summed E-state index contributed by atoms with van der Waals surface area (Å²) in [4.78, 5) is 13.9. The van der Waals surface area contributed by atoms with Crippen molar-refractivity contribution >= 4 is 5.91 Å². The van der Waals surface area contributed by atoms with Crippen LogP contribution in [0, 0.1) is 17.2 Å². The average molecular weight is 223 g/mol. The predicted molar refractivity (Wildman–Crippen MR) is 62.4 cm³/mol. The highest BCUT2D eigenvalue weighted by atomic mass is 16.2. The molecule has 0 bridgehead atoms. The Morgan fingerprint density at radius 3 is 2.56 bits per heavy atom. The minimum atomic E-state index is -0.635. The summed E-state index contributed by atoms with van der Waals surface area (Å²) in [5.41, 5.74) is 5.39. The van der Waals surface area contributed by atoms with E-state index in [0.29, 0.717) is 25.4 Å². The summed E-state index contributed by atoms with van der Waals surface area (Å²) >= 11 is 0. The van der Waals surface area contributed by atoms with Gasteiger partial charge in [-0.05, 0) is 25.2 Å². The lowest BCUT2D eigenvalue weighted by molar-refractivity contribution is -0.140. The highest BCUT2D eigenvalue weighted by Gasteiger charge is 2.42. The minimum Gasteiger partial charge on any atom is -0.340 e. The van der Waals surface area contributed by atoms with E-state index in [1.807, 2.05) is 0 Å². The molecule has 16 heavy (non-hydrogen) atoms. The summed E-state index contributed by atoms with van der Waals surface area (Å²) in [5, 5.41) is 8.59. The molecule has 1 aliphatic carbocycles. The molecule has 0 aromatic rings. The highest BCUT2D eigenvalue weighted by molar-refractivity contribution is 5.87. The summed E-state index contributed by atoms with van der Waals surface area (Å²) in [6, 6.07) is 2.08. The Labute approximate surface area is 97.4 Å². The molecule has 0 unspecified atom stereocenters. The molecule has 4 heteroatoms. The third-order valence-corrected chi connectivity index (χ3v) is 3.04. The summed E-state index contributed by atoms with van der Waals surface area (Å²) in [7, 11) is 0. The molecule has 2 N–H and O–H groups in total. The van der Waals surface area contributed by atoms with E-state index >= 15 is 0 Å². The number of carbonyl (C=O) groups is 1. The molecule has 0 saturated heterocycles. The molecule has 0 aromatic carbocycles. The van der Waals surface area contributed by atoms with E-state index in [4.69, 9.17) is 11.0 Å². The van der Waals surface area contributed by atoms with Crippen LogP contribution < -0.4 is 5.73 Å². The number of nitriles is 1. The molecule has 0 spiro atoms. The molecule has 1 fully saturated rings. The van der Waals surface area contributed by atoms with Crippen LogP contribution in [0.25, 0.3) is 0 Å². The maximum atomic E-state index is 12.2. The summed E-state index contributed by atoms with van der Waals surface area (Å²) in [6.45, 7) is 5.33. The number of amides is 1. The fourth-order valence-electron chi connectivity index (χ4n) is 1.99. The van der Waals surface area contributed by atoms with Crippen LogP contribution in [0.3, 0.4) is 0 Å². The van der Waals surface area contributed by atoms with Crippen molar-refractivity contribution in [1.82, 2.24) is 4.90 Å². The largest absolute Gasteiger partial charge is 0.340 e. The van der Waals surface area contributed by atoms with Gasteiger partial charge in [0.2, 0.25) is 5.91 Å². The van der Waals surface area contributed by atoms with E-state index in [1.165, 1.54) is 0 Å². The number of hydrogen-bond donors (Lipinski definition) is 1. The van der Waals surface area contributed by atoms with Gasteiger partial charge in [0.1, 0.15) is 0 Å². The first kappa shape index (κ1) is 13.0. The van der Waals surface area contributed by atoms with Crippen LogP contribution in [-0.2, 0) is 4.79 Å². The number of rotatable bonds is 5. The van der Waals surface area contributed by atoms with Crippen molar-refractivity contribution in [3.63, 3.8) is 0 Å². The van der Waals surface area contributed by atoms with Crippen molar-refractivity contribution in [2.45, 2.75) is 45.1 Å². The maximum Gasteiger partial charge on any atom is 0.242 e. The van der Waals surface area contributed by atoms with Gasteiger partial charge in [-0.25, -0.2) is 0 Å². The van der Waals surface area contributed by atoms with Crippen LogP contribution in [0.1, 0.15) is 39.5 Å². The van der Waals surface area contributed by atoms with Gasteiger partial charge >= 0.3 is 0 Å². The molecule has 4 nitrogen and oxygen atoms in total. The van der Waals surface area contributed by atoms with Gasteiger partial charge in [-0.2, -0.15) is 5.26 Å². The van der Waals surface area contributed by atoms with E-state index in [9.17, 15) is 4.79 Å². The van der Waals surface area contributed by atoms with Gasteiger partial charge in [0.15, 0.2) is 0 Å². The first-order valence-electron chi connectivity index (χ1n) is 5.95.